The average Bonchev–Trinajstić information content (AvgIpc) is 2.20. The molecule has 82 valence electrons. The van der Waals surface area contributed by atoms with Crippen molar-refractivity contribution in [2.24, 2.45) is 0 Å². The van der Waals surface area contributed by atoms with Crippen molar-refractivity contribution < 1.29 is 8.78 Å². The number of anilines is 2. The van der Waals surface area contributed by atoms with Crippen LogP contribution in [0.1, 0.15) is 0 Å². The molecule has 0 bridgehead atoms. The molecule has 0 aliphatic heterocycles. The van der Waals surface area contributed by atoms with Gasteiger partial charge < -0.3 is 5.32 Å². The fourth-order valence-electron chi connectivity index (χ4n) is 1.13. The van der Waals surface area contributed by atoms with Crippen molar-refractivity contribution in [1.82, 2.24) is 9.97 Å². The van der Waals surface area contributed by atoms with Crippen molar-refractivity contribution in [2.75, 3.05) is 5.32 Å². The summed E-state index contributed by atoms with van der Waals surface area (Å²) in [5.74, 6) is -1.03. The number of nitrogens with one attached hydrogen (secondary N) is 1. The zero-order valence-corrected chi connectivity index (χ0v) is 9.50. The molecule has 0 radical (unpaired) electrons. The molecule has 0 saturated heterocycles. The third kappa shape index (κ3) is 2.73. The summed E-state index contributed by atoms with van der Waals surface area (Å²) in [6.45, 7) is 0. The third-order valence-electron chi connectivity index (χ3n) is 1.74. The molecule has 1 N–H and O–H groups in total. The van der Waals surface area contributed by atoms with E-state index in [0.717, 1.165) is 22.7 Å². The first-order valence-corrected chi connectivity index (χ1v) is 5.13. The Morgan fingerprint density at radius 2 is 1.56 bits per heavy atom. The SMILES string of the molecule is Fc1cc(F)cc(Nc2ncc(Br)cn2)c1. The topological polar surface area (TPSA) is 37.8 Å². The van der Waals surface area contributed by atoms with Crippen molar-refractivity contribution >= 4 is 27.6 Å². The molecule has 0 amide bonds. The second-order valence-electron chi connectivity index (χ2n) is 3.01. The lowest BCUT2D eigenvalue weighted by Crippen LogP contribution is -1.97. The first-order chi connectivity index (χ1) is 7.63. The van der Waals surface area contributed by atoms with E-state index in [1.54, 1.807) is 0 Å². The van der Waals surface area contributed by atoms with Gasteiger partial charge in [-0.2, -0.15) is 0 Å². The van der Waals surface area contributed by atoms with E-state index < -0.39 is 11.6 Å². The standard InChI is InChI=1S/C10H6BrF2N3/c11-6-4-14-10(15-5-6)16-9-2-7(12)1-8(13)3-9/h1-5H,(H,14,15,16). The van der Waals surface area contributed by atoms with E-state index in [0.29, 0.717) is 0 Å². The number of benzene rings is 1. The second kappa shape index (κ2) is 4.52. The van der Waals surface area contributed by atoms with Crippen molar-refractivity contribution in [1.29, 1.82) is 0 Å². The summed E-state index contributed by atoms with van der Waals surface area (Å²) >= 11 is 3.18. The van der Waals surface area contributed by atoms with Gasteiger partial charge in [0.2, 0.25) is 5.95 Å². The zero-order valence-electron chi connectivity index (χ0n) is 7.92. The predicted molar refractivity (Wildman–Crippen MR) is 59.4 cm³/mol. The van der Waals surface area contributed by atoms with Crippen molar-refractivity contribution in [3.8, 4) is 0 Å². The third-order valence-corrected chi connectivity index (χ3v) is 2.15. The number of nitrogens with zero attached hydrogens (tertiary/aromatic N) is 2. The summed E-state index contributed by atoms with van der Waals surface area (Å²) in [4.78, 5) is 7.84. The van der Waals surface area contributed by atoms with Crippen LogP contribution in [0.15, 0.2) is 35.1 Å². The largest absolute Gasteiger partial charge is 0.324 e. The molecule has 1 aromatic heterocycles. The van der Waals surface area contributed by atoms with Crippen LogP contribution in [0.5, 0.6) is 0 Å². The summed E-state index contributed by atoms with van der Waals surface area (Å²) in [6, 6.07) is 3.12. The van der Waals surface area contributed by atoms with Crippen LogP contribution in [0.25, 0.3) is 0 Å². The summed E-state index contributed by atoms with van der Waals surface area (Å²) in [5.41, 5.74) is 0.264. The van der Waals surface area contributed by atoms with Gasteiger partial charge >= 0.3 is 0 Å². The first kappa shape index (κ1) is 10.9. The Morgan fingerprint density at radius 1 is 1.00 bits per heavy atom. The second-order valence-corrected chi connectivity index (χ2v) is 3.92. The van der Waals surface area contributed by atoms with Crippen LogP contribution in [0, 0.1) is 11.6 Å². The molecule has 0 aliphatic carbocycles. The summed E-state index contributed by atoms with van der Waals surface area (Å²) in [6.07, 6.45) is 3.07. The quantitative estimate of drug-likeness (QED) is 0.920. The lowest BCUT2D eigenvalue weighted by atomic mass is 10.3. The Bertz CT molecular complexity index is 482. The van der Waals surface area contributed by atoms with E-state index >= 15 is 0 Å². The highest BCUT2D eigenvalue weighted by molar-refractivity contribution is 9.10. The molecule has 16 heavy (non-hydrogen) atoms. The van der Waals surface area contributed by atoms with Crippen LogP contribution >= 0.6 is 15.9 Å². The maximum absolute atomic E-state index is 12.9. The average molecular weight is 286 g/mol. The van der Waals surface area contributed by atoms with E-state index in [1.807, 2.05) is 0 Å². The number of hydrogen-bond acceptors (Lipinski definition) is 3. The monoisotopic (exact) mass is 285 g/mol. The minimum absolute atomic E-state index is 0.264. The first-order valence-electron chi connectivity index (χ1n) is 4.34. The van der Waals surface area contributed by atoms with Gasteiger partial charge in [-0.3, -0.25) is 0 Å². The highest BCUT2D eigenvalue weighted by Gasteiger charge is 2.02. The lowest BCUT2D eigenvalue weighted by molar-refractivity contribution is 0.584. The molecule has 0 spiro atoms. The minimum Gasteiger partial charge on any atom is -0.324 e. The molecule has 0 aliphatic rings. The Balaban J connectivity index is 2.23. The van der Waals surface area contributed by atoms with Gasteiger partial charge in [-0.1, -0.05) is 0 Å². The Kier molecular flexibility index (Phi) is 3.09. The van der Waals surface area contributed by atoms with Crippen molar-refractivity contribution in [3.63, 3.8) is 0 Å². The highest BCUT2D eigenvalue weighted by atomic mass is 79.9. The van der Waals surface area contributed by atoms with Crippen molar-refractivity contribution in [2.45, 2.75) is 0 Å². The van der Waals surface area contributed by atoms with Crippen LogP contribution in [0.3, 0.4) is 0 Å². The van der Waals surface area contributed by atoms with Crippen LogP contribution in [0.2, 0.25) is 0 Å². The van der Waals surface area contributed by atoms with Gasteiger partial charge in [0, 0.05) is 24.1 Å². The van der Waals surface area contributed by atoms with Crippen LogP contribution < -0.4 is 5.32 Å². The van der Waals surface area contributed by atoms with E-state index in [9.17, 15) is 8.78 Å². The van der Waals surface area contributed by atoms with Gasteiger partial charge in [0.05, 0.1) is 4.47 Å². The van der Waals surface area contributed by atoms with Gasteiger partial charge in [-0.05, 0) is 28.1 Å². The molecule has 3 nitrogen and oxygen atoms in total. The molecule has 2 aromatic rings. The lowest BCUT2D eigenvalue weighted by Gasteiger charge is -2.04. The minimum atomic E-state index is -0.653. The molecular formula is C10H6BrF2N3. The molecule has 0 atom stereocenters. The number of rotatable bonds is 2. The van der Waals surface area contributed by atoms with Gasteiger partial charge in [0.15, 0.2) is 0 Å². The fraction of sp³-hybridized carbons (Fsp3) is 0. The maximum atomic E-state index is 12.9. The van der Waals surface area contributed by atoms with Gasteiger partial charge in [-0.25, -0.2) is 18.7 Å². The molecule has 0 unspecified atom stereocenters. The highest BCUT2D eigenvalue weighted by Crippen LogP contribution is 2.16. The summed E-state index contributed by atoms with van der Waals surface area (Å²) in [5, 5.41) is 2.69. The normalized spacial score (nSPS) is 10.2. The Morgan fingerprint density at radius 3 is 2.12 bits per heavy atom. The fourth-order valence-corrected chi connectivity index (χ4v) is 1.34. The molecule has 6 heteroatoms. The van der Waals surface area contributed by atoms with E-state index in [4.69, 9.17) is 0 Å². The van der Waals surface area contributed by atoms with Gasteiger partial charge in [0.1, 0.15) is 11.6 Å². The summed E-state index contributed by atoms with van der Waals surface area (Å²) < 4.78 is 26.5. The van der Waals surface area contributed by atoms with Gasteiger partial charge in [0.25, 0.3) is 0 Å². The predicted octanol–water partition coefficient (Wildman–Crippen LogP) is 3.26. The van der Waals surface area contributed by atoms with Crippen LogP contribution in [-0.2, 0) is 0 Å². The van der Waals surface area contributed by atoms with E-state index in [1.165, 1.54) is 12.4 Å². The van der Waals surface area contributed by atoms with Crippen LogP contribution in [-0.4, -0.2) is 9.97 Å². The van der Waals surface area contributed by atoms with Crippen LogP contribution in [0.4, 0.5) is 20.4 Å². The molecule has 1 aromatic carbocycles. The molecular weight excluding hydrogens is 280 g/mol. The molecule has 0 fully saturated rings. The van der Waals surface area contributed by atoms with E-state index in [-0.39, 0.29) is 11.6 Å². The van der Waals surface area contributed by atoms with E-state index in [2.05, 4.69) is 31.2 Å². The number of halogens is 3. The van der Waals surface area contributed by atoms with Crippen molar-refractivity contribution in [3.05, 3.63) is 46.7 Å². The molecule has 2 rings (SSSR count). The molecule has 0 saturated carbocycles. The Labute approximate surface area is 98.7 Å². The molecule has 1 heterocycles. The Hall–Kier alpha value is -1.56. The maximum Gasteiger partial charge on any atom is 0.227 e. The smallest absolute Gasteiger partial charge is 0.227 e. The zero-order chi connectivity index (χ0) is 11.5. The number of aromatic nitrogens is 2. The summed E-state index contributed by atoms with van der Waals surface area (Å²) in [7, 11) is 0. The number of hydrogen-bond donors (Lipinski definition) is 1. The van der Waals surface area contributed by atoms with Gasteiger partial charge in [-0.15, -0.1) is 0 Å².